The summed E-state index contributed by atoms with van der Waals surface area (Å²) in [6, 6.07) is 0.651. The van der Waals surface area contributed by atoms with Crippen molar-refractivity contribution in [2.24, 2.45) is 5.41 Å². The summed E-state index contributed by atoms with van der Waals surface area (Å²) in [7, 11) is 4.28. The molecule has 0 amide bonds. The van der Waals surface area contributed by atoms with Crippen LogP contribution in [0.15, 0.2) is 0 Å². The fraction of sp³-hybridized carbons (Fsp3) is 1.00. The Balaban J connectivity index is 2.19. The number of hydrogen-bond donors (Lipinski definition) is 1. The van der Waals surface area contributed by atoms with E-state index in [0.717, 1.165) is 13.2 Å². The lowest BCUT2D eigenvalue weighted by Gasteiger charge is -2.53. The van der Waals surface area contributed by atoms with Crippen LogP contribution in [-0.4, -0.2) is 50.8 Å². The first-order chi connectivity index (χ1) is 8.54. The third-order valence-corrected chi connectivity index (χ3v) is 4.53. The summed E-state index contributed by atoms with van der Waals surface area (Å²) >= 11 is 0. The van der Waals surface area contributed by atoms with Crippen molar-refractivity contribution in [3.8, 4) is 0 Å². The van der Waals surface area contributed by atoms with E-state index in [4.69, 9.17) is 4.74 Å². The Morgan fingerprint density at radius 2 is 2.00 bits per heavy atom. The molecule has 3 nitrogen and oxygen atoms in total. The highest BCUT2D eigenvalue weighted by Gasteiger charge is 2.50. The van der Waals surface area contributed by atoms with Crippen molar-refractivity contribution < 1.29 is 4.74 Å². The number of nitrogens with zero attached hydrogens (tertiary/aromatic N) is 1. The van der Waals surface area contributed by atoms with Crippen molar-refractivity contribution in [2.75, 3.05) is 33.8 Å². The minimum atomic E-state index is 0.345. The van der Waals surface area contributed by atoms with Crippen LogP contribution in [0.25, 0.3) is 0 Å². The fourth-order valence-electron chi connectivity index (χ4n) is 2.90. The summed E-state index contributed by atoms with van der Waals surface area (Å²) in [5.74, 6) is 0. The molecule has 108 valence electrons. The minimum Gasteiger partial charge on any atom is -0.378 e. The monoisotopic (exact) mass is 256 g/mol. The number of hydrogen-bond acceptors (Lipinski definition) is 3. The van der Waals surface area contributed by atoms with Gasteiger partial charge in [-0.3, -0.25) is 0 Å². The van der Waals surface area contributed by atoms with Crippen LogP contribution in [-0.2, 0) is 4.74 Å². The second-order valence-corrected chi connectivity index (χ2v) is 6.06. The highest BCUT2D eigenvalue weighted by molar-refractivity contribution is 5.04. The standard InChI is InChI=1S/C15H32N2O/c1-6-15(3)13(12-14(15)18-7-2)16-10-8-9-11-17(4)5/h13-14,16H,6-12H2,1-5H3. The van der Waals surface area contributed by atoms with Gasteiger partial charge >= 0.3 is 0 Å². The maximum absolute atomic E-state index is 5.83. The van der Waals surface area contributed by atoms with Gasteiger partial charge in [-0.15, -0.1) is 0 Å². The average Bonchev–Trinajstić information content (AvgIpc) is 2.34. The third-order valence-electron chi connectivity index (χ3n) is 4.53. The zero-order valence-corrected chi connectivity index (χ0v) is 13.0. The minimum absolute atomic E-state index is 0.345. The second-order valence-electron chi connectivity index (χ2n) is 6.06. The zero-order chi connectivity index (χ0) is 13.6. The summed E-state index contributed by atoms with van der Waals surface area (Å²) in [6.45, 7) is 9.93. The van der Waals surface area contributed by atoms with Gasteiger partial charge in [0.05, 0.1) is 6.10 Å². The van der Waals surface area contributed by atoms with Gasteiger partial charge in [-0.2, -0.15) is 0 Å². The molecule has 0 spiro atoms. The molecule has 0 aromatic rings. The van der Waals surface area contributed by atoms with Gasteiger partial charge < -0.3 is 15.0 Å². The molecule has 0 aliphatic heterocycles. The molecule has 1 saturated carbocycles. The van der Waals surface area contributed by atoms with Crippen molar-refractivity contribution in [1.82, 2.24) is 10.2 Å². The Hall–Kier alpha value is -0.120. The summed E-state index contributed by atoms with van der Waals surface area (Å²) in [5, 5.41) is 3.72. The Morgan fingerprint density at radius 1 is 1.28 bits per heavy atom. The molecule has 1 aliphatic carbocycles. The summed E-state index contributed by atoms with van der Waals surface area (Å²) in [4.78, 5) is 2.25. The first kappa shape index (κ1) is 15.9. The molecule has 1 aliphatic rings. The van der Waals surface area contributed by atoms with Crippen molar-refractivity contribution in [3.63, 3.8) is 0 Å². The van der Waals surface area contributed by atoms with E-state index in [1.165, 1.54) is 32.2 Å². The SMILES string of the molecule is CCOC1CC(NCCCCN(C)C)C1(C)CC. The van der Waals surface area contributed by atoms with E-state index in [1.807, 2.05) is 0 Å². The molecular formula is C15H32N2O. The van der Waals surface area contributed by atoms with Crippen molar-refractivity contribution in [1.29, 1.82) is 0 Å². The Bertz CT molecular complexity index is 233. The topological polar surface area (TPSA) is 24.5 Å². The van der Waals surface area contributed by atoms with Crippen LogP contribution in [0, 0.1) is 5.41 Å². The van der Waals surface area contributed by atoms with E-state index in [9.17, 15) is 0 Å². The van der Waals surface area contributed by atoms with Crippen LogP contribution >= 0.6 is 0 Å². The van der Waals surface area contributed by atoms with Gasteiger partial charge in [0.1, 0.15) is 0 Å². The largest absolute Gasteiger partial charge is 0.378 e. The van der Waals surface area contributed by atoms with Crippen LogP contribution in [0.3, 0.4) is 0 Å². The van der Waals surface area contributed by atoms with E-state index < -0.39 is 0 Å². The Labute approximate surface area is 113 Å². The first-order valence-electron chi connectivity index (χ1n) is 7.54. The van der Waals surface area contributed by atoms with E-state index in [2.05, 4.69) is 45.1 Å². The van der Waals surface area contributed by atoms with Crippen LogP contribution in [0.5, 0.6) is 0 Å². The molecule has 0 heterocycles. The number of unbranched alkanes of at least 4 members (excludes halogenated alkanes) is 1. The van der Waals surface area contributed by atoms with Gasteiger partial charge in [-0.05, 0) is 59.8 Å². The number of nitrogens with one attached hydrogen (secondary N) is 1. The van der Waals surface area contributed by atoms with Crippen molar-refractivity contribution in [2.45, 2.75) is 58.6 Å². The van der Waals surface area contributed by atoms with Crippen LogP contribution in [0.2, 0.25) is 0 Å². The molecule has 0 radical (unpaired) electrons. The molecule has 3 atom stereocenters. The molecule has 3 unspecified atom stereocenters. The maximum atomic E-state index is 5.83. The van der Waals surface area contributed by atoms with Gasteiger partial charge in [0.15, 0.2) is 0 Å². The molecular weight excluding hydrogens is 224 g/mol. The highest BCUT2D eigenvalue weighted by Crippen LogP contribution is 2.45. The normalized spacial score (nSPS) is 31.7. The maximum Gasteiger partial charge on any atom is 0.0658 e. The highest BCUT2D eigenvalue weighted by atomic mass is 16.5. The fourth-order valence-corrected chi connectivity index (χ4v) is 2.90. The van der Waals surface area contributed by atoms with E-state index in [-0.39, 0.29) is 0 Å². The van der Waals surface area contributed by atoms with Crippen LogP contribution in [0.4, 0.5) is 0 Å². The molecule has 0 saturated heterocycles. The van der Waals surface area contributed by atoms with Crippen LogP contribution < -0.4 is 5.32 Å². The predicted octanol–water partition coefficient (Wildman–Crippen LogP) is 2.51. The van der Waals surface area contributed by atoms with Gasteiger partial charge in [0.25, 0.3) is 0 Å². The lowest BCUT2D eigenvalue weighted by molar-refractivity contribution is -0.125. The zero-order valence-electron chi connectivity index (χ0n) is 13.0. The molecule has 1 fully saturated rings. The number of rotatable bonds is 9. The molecule has 0 bridgehead atoms. The van der Waals surface area contributed by atoms with Gasteiger partial charge in [-0.25, -0.2) is 0 Å². The molecule has 18 heavy (non-hydrogen) atoms. The summed E-state index contributed by atoms with van der Waals surface area (Å²) in [6.07, 6.45) is 5.41. The molecule has 1 N–H and O–H groups in total. The van der Waals surface area contributed by atoms with E-state index in [1.54, 1.807) is 0 Å². The quantitative estimate of drug-likeness (QED) is 0.642. The average molecular weight is 256 g/mol. The second kappa shape index (κ2) is 7.46. The Kier molecular flexibility index (Phi) is 6.61. The van der Waals surface area contributed by atoms with Crippen molar-refractivity contribution >= 4 is 0 Å². The van der Waals surface area contributed by atoms with Crippen LogP contribution in [0.1, 0.15) is 46.5 Å². The number of ether oxygens (including phenoxy) is 1. The van der Waals surface area contributed by atoms with Gasteiger partial charge in [-0.1, -0.05) is 13.8 Å². The van der Waals surface area contributed by atoms with Gasteiger partial charge in [0, 0.05) is 18.1 Å². The summed E-state index contributed by atoms with van der Waals surface area (Å²) < 4.78 is 5.83. The molecule has 3 heteroatoms. The summed E-state index contributed by atoms with van der Waals surface area (Å²) in [5.41, 5.74) is 0.345. The molecule has 0 aromatic carbocycles. The van der Waals surface area contributed by atoms with E-state index >= 15 is 0 Å². The Morgan fingerprint density at radius 3 is 2.56 bits per heavy atom. The molecule has 0 aromatic heterocycles. The van der Waals surface area contributed by atoms with Crippen molar-refractivity contribution in [3.05, 3.63) is 0 Å². The first-order valence-corrected chi connectivity index (χ1v) is 7.54. The van der Waals surface area contributed by atoms with E-state index in [0.29, 0.717) is 17.6 Å². The predicted molar refractivity (Wildman–Crippen MR) is 78.0 cm³/mol. The lowest BCUT2D eigenvalue weighted by atomic mass is 9.61. The third kappa shape index (κ3) is 3.94. The molecule has 1 rings (SSSR count). The lowest BCUT2D eigenvalue weighted by Crippen LogP contribution is -2.62. The smallest absolute Gasteiger partial charge is 0.0658 e. The van der Waals surface area contributed by atoms with Gasteiger partial charge in [0.2, 0.25) is 0 Å².